The molecule has 0 heterocycles. The van der Waals surface area contributed by atoms with Crippen LogP contribution in [0.3, 0.4) is 0 Å². The first-order valence-electron chi connectivity index (χ1n) is 2.14. The normalized spacial score (nSPS) is 9.29. The van der Waals surface area contributed by atoms with Crippen molar-refractivity contribution < 1.29 is 21.2 Å². The van der Waals surface area contributed by atoms with Gasteiger partial charge in [0.25, 0.3) is 0 Å². The third-order valence-electron chi connectivity index (χ3n) is 0.572. The van der Waals surface area contributed by atoms with Gasteiger partial charge in [-0.1, -0.05) is 0 Å². The Morgan fingerprint density at radius 2 is 2.43 bits per heavy atom. The summed E-state index contributed by atoms with van der Waals surface area (Å²) in [5.41, 5.74) is 0. The van der Waals surface area contributed by atoms with E-state index >= 15 is 0 Å². The first-order chi connectivity index (χ1) is 3.41. The number of nitrogens with zero attached hydrogens (tertiary/aromatic N) is 1. The van der Waals surface area contributed by atoms with Crippen molar-refractivity contribution in [3.63, 3.8) is 0 Å². The van der Waals surface area contributed by atoms with Gasteiger partial charge in [0.1, 0.15) is 0 Å². The molecule has 0 bridgehead atoms. The first-order valence-corrected chi connectivity index (χ1v) is 5.83. The van der Waals surface area contributed by atoms with Crippen LogP contribution in [-0.2, 0) is 0 Å². The molecule has 0 aromatic carbocycles. The number of halogens is 1. The molecule has 0 amide bonds. The van der Waals surface area contributed by atoms with Crippen LogP contribution in [-0.4, -0.2) is 15.9 Å². The maximum atomic E-state index is 9.44. The standard InChI is InChI=1S/C4H9INO/c1-5-3-2-4-6-7/h2-4H2,1H3/q-1. The van der Waals surface area contributed by atoms with Crippen LogP contribution in [0.2, 0.25) is 0 Å². The van der Waals surface area contributed by atoms with E-state index in [1.165, 1.54) is 4.43 Å². The topological polar surface area (TPSA) is 29.4 Å². The van der Waals surface area contributed by atoms with Gasteiger partial charge < -0.3 is 0 Å². The van der Waals surface area contributed by atoms with Crippen molar-refractivity contribution in [1.82, 2.24) is 0 Å². The van der Waals surface area contributed by atoms with E-state index in [2.05, 4.69) is 10.1 Å². The van der Waals surface area contributed by atoms with Crippen molar-refractivity contribution in [2.75, 3.05) is 15.9 Å². The molecule has 0 radical (unpaired) electrons. The summed E-state index contributed by atoms with van der Waals surface area (Å²) in [5.74, 6) is 0. The summed E-state index contributed by atoms with van der Waals surface area (Å²) in [6, 6.07) is 0. The van der Waals surface area contributed by atoms with Crippen molar-refractivity contribution in [2.24, 2.45) is 5.18 Å². The van der Waals surface area contributed by atoms with Gasteiger partial charge >= 0.3 is 53.6 Å². The summed E-state index contributed by atoms with van der Waals surface area (Å²) < 4.78 is 1.24. The van der Waals surface area contributed by atoms with E-state index in [1.807, 2.05) is 0 Å². The second kappa shape index (κ2) is 6.33. The summed E-state index contributed by atoms with van der Waals surface area (Å²) in [7, 11) is 0. The molecule has 0 aliphatic carbocycles. The zero-order chi connectivity index (χ0) is 5.54. The minimum atomic E-state index is 0.396. The molecule has 0 unspecified atom stereocenters. The van der Waals surface area contributed by atoms with Crippen molar-refractivity contribution in [3.8, 4) is 0 Å². The van der Waals surface area contributed by atoms with Gasteiger partial charge in [-0.3, -0.25) is 0 Å². The Morgan fingerprint density at radius 1 is 1.71 bits per heavy atom. The molecule has 0 aliphatic rings. The Kier molecular flexibility index (Phi) is 6.63. The molecule has 0 fully saturated rings. The zero-order valence-corrected chi connectivity index (χ0v) is 6.51. The monoisotopic (exact) mass is 214 g/mol. The van der Waals surface area contributed by atoms with Crippen LogP contribution < -0.4 is 21.2 Å². The van der Waals surface area contributed by atoms with Crippen molar-refractivity contribution >= 4 is 0 Å². The van der Waals surface area contributed by atoms with Gasteiger partial charge in [-0.15, -0.1) is 0 Å². The molecule has 0 saturated heterocycles. The second-order valence-corrected chi connectivity index (χ2v) is 3.77. The fourth-order valence-corrected chi connectivity index (χ4v) is 1.36. The van der Waals surface area contributed by atoms with Gasteiger partial charge in [0.15, 0.2) is 0 Å². The first kappa shape index (κ1) is 7.33. The SMILES string of the molecule is C[I-]CCCN=O. The van der Waals surface area contributed by atoms with E-state index in [1.54, 1.807) is 0 Å². The third-order valence-corrected chi connectivity index (χ3v) is 2.41. The van der Waals surface area contributed by atoms with Crippen LogP contribution in [0.25, 0.3) is 0 Å². The zero-order valence-electron chi connectivity index (χ0n) is 4.35. The molecule has 0 aromatic heterocycles. The Balaban J connectivity index is 2.56. The van der Waals surface area contributed by atoms with Crippen LogP contribution in [0.1, 0.15) is 6.42 Å². The van der Waals surface area contributed by atoms with Gasteiger partial charge in [-0.25, -0.2) is 0 Å². The molecule has 0 N–H and O–H groups in total. The van der Waals surface area contributed by atoms with Crippen LogP contribution in [0.5, 0.6) is 0 Å². The van der Waals surface area contributed by atoms with Crippen molar-refractivity contribution in [1.29, 1.82) is 0 Å². The van der Waals surface area contributed by atoms with E-state index < -0.39 is 0 Å². The predicted molar refractivity (Wildman–Crippen MR) is 26.1 cm³/mol. The summed E-state index contributed by atoms with van der Waals surface area (Å²) in [6.07, 6.45) is 1.01. The van der Waals surface area contributed by atoms with Gasteiger partial charge in [-0.2, -0.15) is 0 Å². The predicted octanol–water partition coefficient (Wildman–Crippen LogP) is -2.14. The summed E-state index contributed by atoms with van der Waals surface area (Å²) in [6.45, 7) is 0.521. The molecule has 3 heteroatoms. The molecular weight excluding hydrogens is 205 g/mol. The Hall–Kier alpha value is 0.330. The molecule has 0 aliphatic heterocycles. The van der Waals surface area contributed by atoms with Crippen molar-refractivity contribution in [2.45, 2.75) is 6.42 Å². The number of nitroso groups, excluding NO2 is 1. The molecule has 44 valence electrons. The quantitative estimate of drug-likeness (QED) is 0.227. The van der Waals surface area contributed by atoms with Crippen LogP contribution >= 0.6 is 0 Å². The van der Waals surface area contributed by atoms with Crippen LogP contribution in [0, 0.1) is 4.91 Å². The Morgan fingerprint density at radius 3 is 2.86 bits per heavy atom. The molecule has 0 rings (SSSR count). The van der Waals surface area contributed by atoms with Gasteiger partial charge in [0.2, 0.25) is 0 Å². The van der Waals surface area contributed by atoms with Crippen LogP contribution in [0.15, 0.2) is 5.18 Å². The summed E-state index contributed by atoms with van der Waals surface area (Å²) in [4.78, 5) is 11.7. The van der Waals surface area contributed by atoms with E-state index in [4.69, 9.17) is 0 Å². The molecule has 0 saturated carbocycles. The number of alkyl halides is 2. The summed E-state index contributed by atoms with van der Waals surface area (Å²) in [5, 5.41) is 2.74. The number of hydrogen-bond donors (Lipinski definition) is 0. The molecule has 2 nitrogen and oxygen atoms in total. The van der Waals surface area contributed by atoms with E-state index in [-0.39, 0.29) is 0 Å². The third kappa shape index (κ3) is 6.33. The van der Waals surface area contributed by atoms with E-state index in [0.717, 1.165) is 6.42 Å². The average molecular weight is 214 g/mol. The molecule has 0 aromatic rings. The number of hydrogen-bond acceptors (Lipinski definition) is 2. The second-order valence-electron chi connectivity index (χ2n) is 1.16. The molecule has 0 spiro atoms. The maximum absolute atomic E-state index is 9.44. The average Bonchev–Trinajstić information content (AvgIpc) is 1.69. The van der Waals surface area contributed by atoms with E-state index in [0.29, 0.717) is 27.7 Å². The van der Waals surface area contributed by atoms with Crippen molar-refractivity contribution in [3.05, 3.63) is 4.91 Å². The Labute approximate surface area is 53.9 Å². The summed E-state index contributed by atoms with van der Waals surface area (Å²) >= 11 is 0.396. The minimum absolute atomic E-state index is 0.396. The molecule has 0 atom stereocenters. The molecular formula is C4H9INO-. The molecule has 7 heavy (non-hydrogen) atoms. The van der Waals surface area contributed by atoms with Gasteiger partial charge in [-0.05, 0) is 0 Å². The van der Waals surface area contributed by atoms with Gasteiger partial charge in [0.05, 0.1) is 0 Å². The van der Waals surface area contributed by atoms with Gasteiger partial charge in [0, 0.05) is 0 Å². The number of rotatable bonds is 4. The fourth-order valence-electron chi connectivity index (χ4n) is 0.258. The Bertz CT molecular complexity index is 49.0. The van der Waals surface area contributed by atoms with E-state index in [9.17, 15) is 4.91 Å². The van der Waals surface area contributed by atoms with Crippen LogP contribution in [0.4, 0.5) is 0 Å². The fraction of sp³-hybridized carbons (Fsp3) is 1.00.